The number of rotatable bonds is 4. The van der Waals surface area contributed by atoms with Gasteiger partial charge in [0.2, 0.25) is 0 Å². The molecular formula is C16H23N3O4S. The molecule has 8 heteroatoms. The number of anilines is 1. The van der Waals surface area contributed by atoms with Gasteiger partial charge in [0.15, 0.2) is 0 Å². The summed E-state index contributed by atoms with van der Waals surface area (Å²) in [5.41, 5.74) is 2.73. The zero-order valence-corrected chi connectivity index (χ0v) is 14.8. The van der Waals surface area contributed by atoms with Crippen LogP contribution in [0, 0.1) is 0 Å². The van der Waals surface area contributed by atoms with E-state index in [1.165, 1.54) is 22.7 Å². The molecular weight excluding hydrogens is 330 g/mol. The Labute approximate surface area is 142 Å². The smallest absolute Gasteiger partial charge is 0.281 e. The summed E-state index contributed by atoms with van der Waals surface area (Å²) in [5, 5.41) is 2.87. The van der Waals surface area contributed by atoms with Gasteiger partial charge in [-0.1, -0.05) is 6.07 Å². The first-order valence-corrected chi connectivity index (χ1v) is 9.49. The zero-order chi connectivity index (χ0) is 17.3. The Kier molecular flexibility index (Phi) is 4.91. The number of nitrogens with zero attached hydrogens (tertiary/aromatic N) is 2. The Morgan fingerprint density at radius 3 is 2.79 bits per heavy atom. The second-order valence-corrected chi connectivity index (χ2v) is 8.49. The molecule has 1 aromatic carbocycles. The fourth-order valence-electron chi connectivity index (χ4n) is 3.04. The zero-order valence-electron chi connectivity index (χ0n) is 14.0. The van der Waals surface area contributed by atoms with Crippen molar-refractivity contribution in [3.8, 4) is 0 Å². The van der Waals surface area contributed by atoms with Crippen LogP contribution in [-0.2, 0) is 32.7 Å². The standard InChI is InChI=1S/C16H23N3O4S/c1-18(2)24(21,22)19-8-7-12-5-6-14(10-13(12)11-19)17-16(20)15-4-3-9-23-15/h5-6,10,15H,3-4,7-9,11H2,1-2H3,(H,17,20)/t15-/m0/s1. The maximum Gasteiger partial charge on any atom is 0.281 e. The summed E-state index contributed by atoms with van der Waals surface area (Å²) in [4.78, 5) is 12.1. The molecule has 132 valence electrons. The number of hydrogen-bond acceptors (Lipinski definition) is 4. The van der Waals surface area contributed by atoms with Crippen LogP contribution in [0.4, 0.5) is 5.69 Å². The molecule has 0 unspecified atom stereocenters. The van der Waals surface area contributed by atoms with Crippen LogP contribution < -0.4 is 5.32 Å². The van der Waals surface area contributed by atoms with E-state index in [9.17, 15) is 13.2 Å². The van der Waals surface area contributed by atoms with Crippen molar-refractivity contribution in [2.45, 2.75) is 31.9 Å². The summed E-state index contributed by atoms with van der Waals surface area (Å²) in [6.07, 6.45) is 1.93. The van der Waals surface area contributed by atoms with E-state index in [0.29, 0.717) is 31.8 Å². The van der Waals surface area contributed by atoms with Crippen LogP contribution in [-0.4, -0.2) is 56.3 Å². The number of ether oxygens (including phenoxy) is 1. The van der Waals surface area contributed by atoms with E-state index >= 15 is 0 Å². The number of nitrogens with one attached hydrogen (secondary N) is 1. The lowest BCUT2D eigenvalue weighted by atomic mass is 10.0. The maximum atomic E-state index is 12.3. The summed E-state index contributed by atoms with van der Waals surface area (Å²) < 4.78 is 32.7. The summed E-state index contributed by atoms with van der Waals surface area (Å²) >= 11 is 0. The third kappa shape index (κ3) is 3.46. The molecule has 2 aliphatic heterocycles. The first kappa shape index (κ1) is 17.3. The van der Waals surface area contributed by atoms with E-state index < -0.39 is 10.2 Å². The third-order valence-electron chi connectivity index (χ3n) is 4.46. The van der Waals surface area contributed by atoms with Crippen molar-refractivity contribution in [2.75, 3.05) is 32.6 Å². The minimum absolute atomic E-state index is 0.138. The van der Waals surface area contributed by atoms with Gasteiger partial charge in [-0.2, -0.15) is 17.0 Å². The fourth-order valence-corrected chi connectivity index (χ4v) is 4.13. The van der Waals surface area contributed by atoms with Crippen molar-refractivity contribution < 1.29 is 17.9 Å². The molecule has 1 aromatic rings. The highest BCUT2D eigenvalue weighted by molar-refractivity contribution is 7.86. The molecule has 1 N–H and O–H groups in total. The lowest BCUT2D eigenvalue weighted by Crippen LogP contribution is -2.42. The molecule has 24 heavy (non-hydrogen) atoms. The molecule has 2 aliphatic rings. The number of amides is 1. The number of benzene rings is 1. The Bertz CT molecular complexity index is 727. The topological polar surface area (TPSA) is 79.0 Å². The van der Waals surface area contributed by atoms with Crippen LogP contribution in [0.5, 0.6) is 0 Å². The molecule has 1 amide bonds. The van der Waals surface area contributed by atoms with E-state index in [1.807, 2.05) is 18.2 Å². The van der Waals surface area contributed by atoms with Crippen molar-refractivity contribution in [1.82, 2.24) is 8.61 Å². The van der Waals surface area contributed by atoms with Crippen molar-refractivity contribution in [3.05, 3.63) is 29.3 Å². The van der Waals surface area contributed by atoms with Gasteiger partial charge in [-0.15, -0.1) is 0 Å². The molecule has 0 spiro atoms. The largest absolute Gasteiger partial charge is 0.368 e. The van der Waals surface area contributed by atoms with Gasteiger partial charge in [0.05, 0.1) is 0 Å². The molecule has 1 fully saturated rings. The van der Waals surface area contributed by atoms with Gasteiger partial charge in [-0.25, -0.2) is 0 Å². The molecule has 0 aromatic heterocycles. The predicted octanol–water partition coefficient (Wildman–Crippen LogP) is 0.969. The average molecular weight is 353 g/mol. The van der Waals surface area contributed by atoms with Gasteiger partial charge in [0.25, 0.3) is 16.1 Å². The minimum Gasteiger partial charge on any atom is -0.368 e. The monoisotopic (exact) mass is 353 g/mol. The van der Waals surface area contributed by atoms with Gasteiger partial charge < -0.3 is 10.1 Å². The van der Waals surface area contributed by atoms with Gasteiger partial charge in [-0.3, -0.25) is 4.79 Å². The van der Waals surface area contributed by atoms with E-state index in [0.717, 1.165) is 24.0 Å². The quantitative estimate of drug-likeness (QED) is 0.875. The van der Waals surface area contributed by atoms with Crippen molar-refractivity contribution in [1.29, 1.82) is 0 Å². The Hall–Kier alpha value is -1.48. The second-order valence-electron chi connectivity index (χ2n) is 6.35. The molecule has 0 aliphatic carbocycles. The Balaban J connectivity index is 1.75. The molecule has 0 saturated carbocycles. The summed E-state index contributed by atoms with van der Waals surface area (Å²) in [6, 6.07) is 5.68. The fraction of sp³-hybridized carbons (Fsp3) is 0.562. The number of hydrogen-bond donors (Lipinski definition) is 1. The lowest BCUT2D eigenvalue weighted by Gasteiger charge is -2.30. The van der Waals surface area contributed by atoms with E-state index in [2.05, 4.69) is 5.32 Å². The second kappa shape index (κ2) is 6.79. The maximum absolute atomic E-state index is 12.3. The van der Waals surface area contributed by atoms with Crippen molar-refractivity contribution in [3.63, 3.8) is 0 Å². The molecule has 2 heterocycles. The molecule has 0 radical (unpaired) electrons. The first-order chi connectivity index (χ1) is 11.4. The van der Waals surface area contributed by atoms with Crippen LogP contribution in [0.3, 0.4) is 0 Å². The predicted molar refractivity (Wildman–Crippen MR) is 90.8 cm³/mol. The Morgan fingerprint density at radius 2 is 2.12 bits per heavy atom. The van der Waals surface area contributed by atoms with E-state index in [1.54, 1.807) is 0 Å². The van der Waals surface area contributed by atoms with Gasteiger partial charge in [0, 0.05) is 39.5 Å². The highest BCUT2D eigenvalue weighted by atomic mass is 32.2. The van der Waals surface area contributed by atoms with Crippen molar-refractivity contribution >= 4 is 21.8 Å². The summed E-state index contributed by atoms with van der Waals surface area (Å²) in [6.45, 7) is 1.41. The van der Waals surface area contributed by atoms with Gasteiger partial charge >= 0.3 is 0 Å². The number of fused-ring (bicyclic) bond motifs is 1. The van der Waals surface area contributed by atoms with Crippen LogP contribution in [0.25, 0.3) is 0 Å². The van der Waals surface area contributed by atoms with Gasteiger partial charge in [-0.05, 0) is 42.5 Å². The van der Waals surface area contributed by atoms with E-state index in [4.69, 9.17) is 4.74 Å². The van der Waals surface area contributed by atoms with Crippen LogP contribution >= 0.6 is 0 Å². The summed E-state index contributed by atoms with van der Waals surface area (Å²) in [5.74, 6) is -0.138. The highest BCUT2D eigenvalue weighted by Gasteiger charge is 2.29. The molecule has 1 saturated heterocycles. The van der Waals surface area contributed by atoms with Gasteiger partial charge in [0.1, 0.15) is 6.10 Å². The third-order valence-corrected chi connectivity index (χ3v) is 6.35. The molecule has 3 rings (SSSR count). The number of carbonyl (C=O) groups excluding carboxylic acids is 1. The number of carbonyl (C=O) groups is 1. The van der Waals surface area contributed by atoms with Crippen LogP contribution in [0.1, 0.15) is 24.0 Å². The first-order valence-electron chi connectivity index (χ1n) is 8.10. The molecule has 0 bridgehead atoms. The highest BCUT2D eigenvalue weighted by Crippen LogP contribution is 2.25. The Morgan fingerprint density at radius 1 is 1.33 bits per heavy atom. The average Bonchev–Trinajstić information content (AvgIpc) is 3.08. The van der Waals surface area contributed by atoms with Crippen LogP contribution in [0.15, 0.2) is 18.2 Å². The SMILES string of the molecule is CN(C)S(=O)(=O)N1CCc2ccc(NC(=O)[C@@H]3CCCO3)cc2C1. The van der Waals surface area contributed by atoms with E-state index in [-0.39, 0.29) is 12.0 Å². The minimum atomic E-state index is -3.43. The van der Waals surface area contributed by atoms with Crippen molar-refractivity contribution in [2.24, 2.45) is 0 Å². The molecule has 1 atom stereocenters. The normalized spacial score (nSPS) is 21.7. The lowest BCUT2D eigenvalue weighted by molar-refractivity contribution is -0.124. The molecule has 7 nitrogen and oxygen atoms in total. The summed E-state index contributed by atoms with van der Waals surface area (Å²) in [7, 11) is -0.371. The van der Waals surface area contributed by atoms with Crippen LogP contribution in [0.2, 0.25) is 0 Å².